The van der Waals surface area contributed by atoms with Crippen LogP contribution < -0.4 is 5.32 Å². The van der Waals surface area contributed by atoms with E-state index in [1.807, 2.05) is 0 Å². The van der Waals surface area contributed by atoms with Crippen molar-refractivity contribution in [3.8, 4) is 11.4 Å². The minimum Gasteiger partial charge on any atom is -0.449 e. The molecule has 0 aliphatic rings. The van der Waals surface area contributed by atoms with E-state index in [-0.39, 0.29) is 11.6 Å². The van der Waals surface area contributed by atoms with E-state index in [9.17, 15) is 27.2 Å². The van der Waals surface area contributed by atoms with Crippen LogP contribution in [0.1, 0.15) is 17.3 Å². The molecule has 7 nitrogen and oxygen atoms in total. The van der Waals surface area contributed by atoms with Gasteiger partial charge in [0.2, 0.25) is 0 Å². The van der Waals surface area contributed by atoms with Crippen LogP contribution in [0.5, 0.6) is 0 Å². The number of halogens is 4. The van der Waals surface area contributed by atoms with Crippen molar-refractivity contribution in [2.45, 2.75) is 13.0 Å². The van der Waals surface area contributed by atoms with Crippen LogP contribution in [-0.2, 0) is 9.53 Å². The number of aromatic amines is 1. The molecule has 1 atom stereocenters. The largest absolute Gasteiger partial charge is 0.449 e. The number of esters is 1. The number of H-pyrrole nitrogens is 1. The number of carbonyl (C=O) groups excluding carboxylic acids is 2. The molecule has 168 valence electrons. The molecule has 11 heteroatoms. The van der Waals surface area contributed by atoms with Gasteiger partial charge in [0.25, 0.3) is 5.91 Å². The summed E-state index contributed by atoms with van der Waals surface area (Å²) in [5.41, 5.74) is 0.561. The van der Waals surface area contributed by atoms with Gasteiger partial charge in [0.1, 0.15) is 11.5 Å². The van der Waals surface area contributed by atoms with E-state index < -0.39 is 46.9 Å². The molecule has 4 rings (SSSR count). The van der Waals surface area contributed by atoms with Crippen LogP contribution in [0, 0.1) is 23.3 Å². The number of ether oxygens (including phenoxy) is 1. The molecule has 2 heterocycles. The van der Waals surface area contributed by atoms with Crippen molar-refractivity contribution >= 4 is 28.6 Å². The van der Waals surface area contributed by atoms with Gasteiger partial charge in [-0.2, -0.15) is 0 Å². The first-order valence-corrected chi connectivity index (χ1v) is 9.49. The molecule has 33 heavy (non-hydrogen) atoms. The van der Waals surface area contributed by atoms with Gasteiger partial charge in [0.05, 0.1) is 16.6 Å². The second kappa shape index (κ2) is 8.69. The fourth-order valence-electron chi connectivity index (χ4n) is 2.97. The average molecular weight is 458 g/mol. The smallest absolute Gasteiger partial charge is 0.338 e. The Labute approximate surface area is 183 Å². The zero-order valence-corrected chi connectivity index (χ0v) is 16.8. The minimum absolute atomic E-state index is 0.00902. The molecule has 1 unspecified atom stereocenters. The van der Waals surface area contributed by atoms with Gasteiger partial charge < -0.3 is 15.0 Å². The van der Waals surface area contributed by atoms with Crippen molar-refractivity contribution in [1.82, 2.24) is 15.0 Å². The monoisotopic (exact) mass is 458 g/mol. The van der Waals surface area contributed by atoms with Crippen LogP contribution >= 0.6 is 0 Å². The number of fused-ring (bicyclic) bond motifs is 1. The molecular formula is C22H14F4N4O3. The summed E-state index contributed by atoms with van der Waals surface area (Å²) in [6.07, 6.45) is 1.69. The highest BCUT2D eigenvalue weighted by Crippen LogP contribution is 2.25. The van der Waals surface area contributed by atoms with E-state index in [2.05, 4.69) is 15.0 Å². The predicted molar refractivity (Wildman–Crippen MR) is 109 cm³/mol. The van der Waals surface area contributed by atoms with Crippen molar-refractivity contribution in [3.63, 3.8) is 0 Å². The number of carbonyl (C=O) groups is 2. The molecule has 4 aromatic rings. The Morgan fingerprint density at radius 1 is 1.06 bits per heavy atom. The van der Waals surface area contributed by atoms with Gasteiger partial charge >= 0.3 is 5.97 Å². The Bertz CT molecular complexity index is 1350. The van der Waals surface area contributed by atoms with Gasteiger partial charge in [-0.1, -0.05) is 0 Å². The summed E-state index contributed by atoms with van der Waals surface area (Å²) in [5, 5.41) is 1.70. The molecule has 2 aromatic heterocycles. The number of hydrogen-bond donors (Lipinski definition) is 2. The van der Waals surface area contributed by atoms with Gasteiger partial charge in [0, 0.05) is 24.0 Å². The highest BCUT2D eigenvalue weighted by Gasteiger charge is 2.25. The van der Waals surface area contributed by atoms with Gasteiger partial charge in [-0.05, 0) is 37.3 Å². The Hall–Kier alpha value is -4.28. The molecule has 2 N–H and O–H groups in total. The van der Waals surface area contributed by atoms with Crippen molar-refractivity contribution in [1.29, 1.82) is 0 Å². The highest BCUT2D eigenvalue weighted by atomic mass is 19.2. The normalized spacial score (nSPS) is 11.9. The number of aromatic nitrogens is 3. The van der Waals surface area contributed by atoms with Gasteiger partial charge in [0.15, 0.2) is 29.4 Å². The molecule has 0 saturated heterocycles. The highest BCUT2D eigenvalue weighted by molar-refractivity contribution is 5.98. The summed E-state index contributed by atoms with van der Waals surface area (Å²) in [7, 11) is 0. The minimum atomic E-state index is -1.78. The van der Waals surface area contributed by atoms with E-state index in [4.69, 9.17) is 4.74 Å². The number of nitrogens with zero attached hydrogens (tertiary/aromatic N) is 2. The summed E-state index contributed by atoms with van der Waals surface area (Å²) in [6, 6.07) is 7.99. The molecule has 0 spiro atoms. The number of benzene rings is 2. The molecule has 2 aromatic carbocycles. The van der Waals surface area contributed by atoms with Crippen molar-refractivity contribution < 1.29 is 31.9 Å². The van der Waals surface area contributed by atoms with Gasteiger partial charge in [-0.25, -0.2) is 27.3 Å². The lowest BCUT2D eigenvalue weighted by molar-refractivity contribution is -0.123. The first-order chi connectivity index (χ1) is 15.7. The summed E-state index contributed by atoms with van der Waals surface area (Å²) >= 11 is 0. The SMILES string of the molecule is CC(OC(=O)c1ccc2nc(-c3cccnc3)[nH]c2c1)C(=O)Nc1c(F)c(F)cc(F)c1F. The van der Waals surface area contributed by atoms with E-state index in [0.29, 0.717) is 16.9 Å². The molecule has 0 aliphatic carbocycles. The third-order valence-corrected chi connectivity index (χ3v) is 4.67. The van der Waals surface area contributed by atoms with Crippen molar-refractivity contribution in [3.05, 3.63) is 77.6 Å². The summed E-state index contributed by atoms with van der Waals surface area (Å²) < 4.78 is 59.1. The maximum absolute atomic E-state index is 13.7. The Morgan fingerprint density at radius 2 is 1.79 bits per heavy atom. The number of amides is 1. The molecule has 0 aliphatic heterocycles. The molecule has 1 amide bonds. The average Bonchev–Trinajstić information content (AvgIpc) is 3.24. The lowest BCUT2D eigenvalue weighted by Gasteiger charge is -2.14. The second-order valence-electron chi connectivity index (χ2n) is 6.94. The third kappa shape index (κ3) is 4.38. The number of rotatable bonds is 5. The van der Waals surface area contributed by atoms with Gasteiger partial charge in [-0.3, -0.25) is 9.78 Å². The number of anilines is 1. The van der Waals surface area contributed by atoms with Crippen molar-refractivity contribution in [2.24, 2.45) is 0 Å². The van der Waals surface area contributed by atoms with E-state index in [1.54, 1.807) is 35.9 Å². The number of imidazole rings is 1. The zero-order valence-electron chi connectivity index (χ0n) is 16.8. The quantitative estimate of drug-likeness (QED) is 0.263. The topological polar surface area (TPSA) is 97.0 Å². The van der Waals surface area contributed by atoms with E-state index >= 15 is 0 Å². The Kier molecular flexibility index (Phi) is 5.78. The lowest BCUT2D eigenvalue weighted by Crippen LogP contribution is -2.31. The summed E-state index contributed by atoms with van der Waals surface area (Å²) in [4.78, 5) is 36.1. The fourth-order valence-corrected chi connectivity index (χ4v) is 2.97. The van der Waals surface area contributed by atoms with E-state index in [1.165, 1.54) is 12.1 Å². The van der Waals surface area contributed by atoms with E-state index in [0.717, 1.165) is 12.5 Å². The maximum atomic E-state index is 13.7. The molecular weight excluding hydrogens is 444 g/mol. The van der Waals surface area contributed by atoms with Crippen LogP contribution in [0.4, 0.5) is 23.2 Å². The van der Waals surface area contributed by atoms with Crippen LogP contribution in [0.3, 0.4) is 0 Å². The molecule has 0 fully saturated rings. The van der Waals surface area contributed by atoms with Crippen LogP contribution in [0.25, 0.3) is 22.4 Å². The Balaban J connectivity index is 1.49. The van der Waals surface area contributed by atoms with Crippen LogP contribution in [0.15, 0.2) is 48.8 Å². The predicted octanol–water partition coefficient (Wildman–Crippen LogP) is 4.37. The van der Waals surface area contributed by atoms with Crippen LogP contribution in [-0.4, -0.2) is 32.9 Å². The fraction of sp³-hybridized carbons (Fsp3) is 0.0909. The first kappa shape index (κ1) is 21.9. The number of hydrogen-bond acceptors (Lipinski definition) is 5. The molecule has 0 bridgehead atoms. The lowest BCUT2D eigenvalue weighted by atomic mass is 10.2. The number of pyridine rings is 1. The third-order valence-electron chi connectivity index (χ3n) is 4.67. The van der Waals surface area contributed by atoms with Crippen LogP contribution in [0.2, 0.25) is 0 Å². The van der Waals surface area contributed by atoms with Gasteiger partial charge in [-0.15, -0.1) is 0 Å². The number of nitrogens with one attached hydrogen (secondary N) is 2. The molecule has 0 radical (unpaired) electrons. The van der Waals surface area contributed by atoms with Crippen molar-refractivity contribution in [2.75, 3.05) is 5.32 Å². The maximum Gasteiger partial charge on any atom is 0.338 e. The Morgan fingerprint density at radius 3 is 2.45 bits per heavy atom. The second-order valence-corrected chi connectivity index (χ2v) is 6.94. The summed E-state index contributed by atoms with van der Waals surface area (Å²) in [5.74, 6) is -8.51. The first-order valence-electron chi connectivity index (χ1n) is 9.49. The zero-order chi connectivity index (χ0) is 23.7. The standard InChI is InChI=1S/C22H14F4N4O3/c1-10(21(31)30-19-17(25)13(23)8-14(24)18(19)26)33-22(32)11-4-5-15-16(7-11)29-20(28-15)12-3-2-6-27-9-12/h2-10H,1H3,(H,28,29)(H,30,31). The molecule has 0 saturated carbocycles. The summed E-state index contributed by atoms with van der Waals surface area (Å²) in [6.45, 7) is 1.13.